The number of rotatable bonds is 4. The number of aromatic nitrogens is 1. The summed E-state index contributed by atoms with van der Waals surface area (Å²) in [5.41, 5.74) is 1.53. The minimum absolute atomic E-state index is 0.0519. The number of carbonyl (C=O) groups is 1. The molecule has 1 aliphatic rings. The molecule has 2 amide bonds. The van der Waals surface area contributed by atoms with Gasteiger partial charge in [0.05, 0.1) is 11.4 Å². The maximum atomic E-state index is 12.8. The molecule has 0 aliphatic carbocycles. The highest BCUT2D eigenvalue weighted by Crippen LogP contribution is 2.21. The first kappa shape index (κ1) is 19.7. The molecule has 2 aromatic carbocycles. The third kappa shape index (κ3) is 4.20. The number of amides is 2. The second-order valence-corrected chi connectivity index (χ2v) is 7.77. The predicted octanol–water partition coefficient (Wildman–Crippen LogP) is 4.00. The fourth-order valence-electron chi connectivity index (χ4n) is 3.59. The van der Waals surface area contributed by atoms with Gasteiger partial charge >= 0.3 is 6.03 Å². The quantitative estimate of drug-likeness (QED) is 0.691. The highest BCUT2D eigenvalue weighted by molar-refractivity contribution is 6.07. The number of hydrogen-bond acceptors (Lipinski definition) is 4. The lowest BCUT2D eigenvalue weighted by Crippen LogP contribution is -2.34. The molecule has 1 aromatic heterocycles. The molecular weight excluding hydrogens is 378 g/mol. The number of urea groups is 1. The van der Waals surface area contributed by atoms with Gasteiger partial charge in [-0.3, -0.25) is 15.1 Å². The van der Waals surface area contributed by atoms with E-state index in [1.807, 2.05) is 53.5 Å². The molecule has 0 saturated heterocycles. The van der Waals surface area contributed by atoms with Crippen molar-refractivity contribution in [2.45, 2.75) is 26.8 Å². The molecule has 4 rings (SSSR count). The Labute approximate surface area is 175 Å². The van der Waals surface area contributed by atoms with E-state index < -0.39 is 0 Å². The summed E-state index contributed by atoms with van der Waals surface area (Å²) >= 11 is 0. The smallest absolute Gasteiger partial charge is 0.313 e. The summed E-state index contributed by atoms with van der Waals surface area (Å²) in [5, 5.41) is 13.4. The van der Waals surface area contributed by atoms with Gasteiger partial charge in [0.25, 0.3) is 5.56 Å². The fourth-order valence-corrected chi connectivity index (χ4v) is 3.59. The number of fused-ring (bicyclic) bond motifs is 1. The van der Waals surface area contributed by atoms with Gasteiger partial charge in [-0.05, 0) is 24.1 Å². The van der Waals surface area contributed by atoms with Crippen molar-refractivity contribution in [1.82, 2.24) is 9.88 Å². The predicted molar refractivity (Wildman–Crippen MR) is 121 cm³/mol. The average molecular weight is 403 g/mol. The molecule has 2 heterocycles. The van der Waals surface area contributed by atoms with E-state index in [0.29, 0.717) is 42.3 Å². The zero-order valence-corrected chi connectivity index (χ0v) is 17.1. The standard InChI is InChI=1S/C23H25N5O2/c1-16(2)14-27-15-20(18-10-6-7-11-19(18)22(27)29)24-23(30)25-21-12-13-28(26-21)17-8-4-3-5-9-17/h3-11,15-16H,12-14H2,1-2H3,(H2,24,25,26,30). The molecule has 2 N–H and O–H groups in total. The van der Waals surface area contributed by atoms with Crippen molar-refractivity contribution >= 4 is 34.0 Å². The van der Waals surface area contributed by atoms with Crippen LogP contribution in [0.1, 0.15) is 20.3 Å². The minimum atomic E-state index is -0.372. The first-order valence-electron chi connectivity index (χ1n) is 10.1. The van der Waals surface area contributed by atoms with Crippen LogP contribution >= 0.6 is 0 Å². The summed E-state index contributed by atoms with van der Waals surface area (Å²) in [5.74, 6) is 0.915. The van der Waals surface area contributed by atoms with Gasteiger partial charge in [-0.1, -0.05) is 50.2 Å². The lowest BCUT2D eigenvalue weighted by Gasteiger charge is -2.15. The normalized spacial score (nSPS) is 13.6. The molecule has 3 aromatic rings. The Morgan fingerprint density at radius 2 is 1.73 bits per heavy atom. The number of pyridine rings is 1. The molecule has 0 atom stereocenters. The van der Waals surface area contributed by atoms with E-state index in [0.717, 1.165) is 11.1 Å². The molecule has 30 heavy (non-hydrogen) atoms. The van der Waals surface area contributed by atoms with Crippen LogP contribution in [0.2, 0.25) is 0 Å². The number of nitrogens with one attached hydrogen (secondary N) is 2. The van der Waals surface area contributed by atoms with Crippen LogP contribution in [0.4, 0.5) is 16.2 Å². The van der Waals surface area contributed by atoms with Crippen molar-refractivity contribution < 1.29 is 4.79 Å². The molecular formula is C23H25N5O2. The number of nitrogens with zero attached hydrogens (tertiary/aromatic N) is 3. The van der Waals surface area contributed by atoms with Gasteiger partial charge in [0.1, 0.15) is 5.84 Å². The maximum Gasteiger partial charge on any atom is 0.324 e. The minimum Gasteiger partial charge on any atom is -0.313 e. The number of carbonyl (C=O) groups excluding carboxylic acids is 1. The van der Waals surface area contributed by atoms with Crippen LogP contribution in [0.5, 0.6) is 0 Å². The van der Waals surface area contributed by atoms with Gasteiger partial charge in [-0.15, -0.1) is 0 Å². The number of para-hydroxylation sites is 1. The summed E-state index contributed by atoms with van der Waals surface area (Å²) in [6, 6.07) is 16.8. The Hall–Kier alpha value is -3.61. The van der Waals surface area contributed by atoms with E-state index in [4.69, 9.17) is 0 Å². The van der Waals surface area contributed by atoms with Crippen LogP contribution in [-0.4, -0.2) is 23.0 Å². The third-order valence-electron chi connectivity index (χ3n) is 4.92. The molecule has 0 unspecified atom stereocenters. The molecule has 7 nitrogen and oxygen atoms in total. The summed E-state index contributed by atoms with van der Waals surface area (Å²) in [4.78, 5) is 25.4. The van der Waals surface area contributed by atoms with E-state index in [2.05, 4.69) is 29.6 Å². The summed E-state index contributed by atoms with van der Waals surface area (Å²) in [7, 11) is 0. The molecule has 0 radical (unpaired) electrons. The van der Waals surface area contributed by atoms with Gasteiger partial charge in [0.2, 0.25) is 0 Å². The topological polar surface area (TPSA) is 78.7 Å². The van der Waals surface area contributed by atoms with Crippen molar-refractivity contribution in [3.05, 3.63) is 71.1 Å². The molecule has 154 valence electrons. The monoisotopic (exact) mass is 403 g/mol. The Morgan fingerprint density at radius 1 is 1.03 bits per heavy atom. The number of hydrazone groups is 1. The SMILES string of the molecule is CC(C)Cn1cc(NC(=O)NC2=NN(c3ccccc3)CC2)c2ccccc2c1=O. The second kappa shape index (κ2) is 8.41. The van der Waals surface area contributed by atoms with Gasteiger partial charge in [0.15, 0.2) is 0 Å². The summed E-state index contributed by atoms with van der Waals surface area (Å²) < 4.78 is 1.66. The number of anilines is 2. The third-order valence-corrected chi connectivity index (χ3v) is 4.92. The zero-order valence-electron chi connectivity index (χ0n) is 17.1. The van der Waals surface area contributed by atoms with Crippen molar-refractivity contribution in [2.24, 2.45) is 11.0 Å². The highest BCUT2D eigenvalue weighted by atomic mass is 16.2. The Bertz CT molecular complexity index is 1150. The lowest BCUT2D eigenvalue weighted by atomic mass is 10.1. The number of benzene rings is 2. The first-order valence-corrected chi connectivity index (χ1v) is 10.1. The summed E-state index contributed by atoms with van der Waals surface area (Å²) in [6.45, 7) is 5.40. The van der Waals surface area contributed by atoms with E-state index >= 15 is 0 Å². The van der Waals surface area contributed by atoms with Crippen LogP contribution in [0.3, 0.4) is 0 Å². The molecule has 0 fully saturated rings. The maximum absolute atomic E-state index is 12.8. The fraction of sp³-hybridized carbons (Fsp3) is 0.261. The summed E-state index contributed by atoms with van der Waals surface area (Å²) in [6.07, 6.45) is 2.37. The number of hydrogen-bond donors (Lipinski definition) is 2. The van der Waals surface area contributed by atoms with E-state index in [9.17, 15) is 9.59 Å². The van der Waals surface area contributed by atoms with E-state index in [1.54, 1.807) is 16.8 Å². The highest BCUT2D eigenvalue weighted by Gasteiger charge is 2.18. The Kier molecular flexibility index (Phi) is 5.52. The van der Waals surface area contributed by atoms with Crippen LogP contribution in [-0.2, 0) is 6.54 Å². The van der Waals surface area contributed by atoms with Gasteiger partial charge in [-0.25, -0.2) is 4.79 Å². The lowest BCUT2D eigenvalue weighted by molar-refractivity contribution is 0.256. The Balaban J connectivity index is 1.55. The molecule has 7 heteroatoms. The molecule has 1 aliphatic heterocycles. The van der Waals surface area contributed by atoms with Crippen molar-refractivity contribution in [3.8, 4) is 0 Å². The molecule has 0 saturated carbocycles. The second-order valence-electron chi connectivity index (χ2n) is 7.77. The Morgan fingerprint density at radius 3 is 2.47 bits per heavy atom. The van der Waals surface area contributed by atoms with Crippen molar-refractivity contribution in [3.63, 3.8) is 0 Å². The van der Waals surface area contributed by atoms with E-state index in [-0.39, 0.29) is 11.6 Å². The largest absolute Gasteiger partial charge is 0.324 e. The number of amidine groups is 1. The average Bonchev–Trinajstić information content (AvgIpc) is 3.20. The van der Waals surface area contributed by atoms with Crippen molar-refractivity contribution in [2.75, 3.05) is 16.9 Å². The van der Waals surface area contributed by atoms with Crippen molar-refractivity contribution in [1.29, 1.82) is 0 Å². The van der Waals surface area contributed by atoms with E-state index in [1.165, 1.54) is 0 Å². The van der Waals surface area contributed by atoms with Crippen LogP contribution in [0.25, 0.3) is 10.8 Å². The van der Waals surface area contributed by atoms with Crippen LogP contribution in [0, 0.1) is 5.92 Å². The molecule has 0 spiro atoms. The van der Waals surface area contributed by atoms with Crippen LogP contribution < -0.4 is 21.2 Å². The first-order chi connectivity index (χ1) is 14.5. The van der Waals surface area contributed by atoms with Gasteiger partial charge < -0.3 is 9.88 Å². The van der Waals surface area contributed by atoms with Gasteiger partial charge in [0, 0.05) is 36.5 Å². The zero-order chi connectivity index (χ0) is 21.1. The van der Waals surface area contributed by atoms with Gasteiger partial charge in [-0.2, -0.15) is 5.10 Å². The van der Waals surface area contributed by atoms with Crippen LogP contribution in [0.15, 0.2) is 70.7 Å². The molecule has 0 bridgehead atoms.